The molecular weight excluding hydrogens is 569 g/mol. The molecule has 8 heteroatoms. The third-order valence-electron chi connectivity index (χ3n) is 7.57. The van der Waals surface area contributed by atoms with Crippen LogP contribution in [0.4, 0.5) is 0 Å². The van der Waals surface area contributed by atoms with Crippen LogP contribution in [-0.4, -0.2) is 61.5 Å². The van der Waals surface area contributed by atoms with Crippen LogP contribution in [0.5, 0.6) is 0 Å². The number of piperazine rings is 1. The van der Waals surface area contributed by atoms with Crippen molar-refractivity contribution in [2.75, 3.05) is 38.7 Å². The highest BCUT2D eigenvalue weighted by molar-refractivity contribution is 7.99. The summed E-state index contributed by atoms with van der Waals surface area (Å²) in [6.07, 6.45) is 3.98. The Morgan fingerprint density at radius 2 is 1.37 bits per heavy atom. The number of hydrogen-bond acceptors (Lipinski definition) is 6. The molecule has 4 aromatic carbocycles. The molecular formula is C33H36N2O3S3. The van der Waals surface area contributed by atoms with Gasteiger partial charge < -0.3 is 0 Å². The van der Waals surface area contributed by atoms with Crippen LogP contribution in [0.15, 0.2) is 118 Å². The zero-order chi connectivity index (χ0) is 28.8. The van der Waals surface area contributed by atoms with E-state index in [0.29, 0.717) is 18.3 Å². The predicted molar refractivity (Wildman–Crippen MR) is 171 cm³/mol. The monoisotopic (exact) mass is 604 g/mol. The fraction of sp³-hybridized carbons (Fsp3) is 0.273. The smallest absolute Gasteiger partial charge is 0.261 e. The Morgan fingerprint density at radius 3 is 1.95 bits per heavy atom. The maximum atomic E-state index is 9.19. The van der Waals surface area contributed by atoms with Crippen molar-refractivity contribution in [1.29, 1.82) is 0 Å². The molecule has 0 spiro atoms. The lowest BCUT2D eigenvalue weighted by Gasteiger charge is -2.43. The minimum atomic E-state index is -3.67. The van der Waals surface area contributed by atoms with E-state index >= 15 is 0 Å². The fourth-order valence-corrected chi connectivity index (χ4v) is 7.30. The maximum absolute atomic E-state index is 9.19. The van der Waals surface area contributed by atoms with Gasteiger partial charge in [-0.05, 0) is 59.2 Å². The minimum absolute atomic E-state index is 0.301. The molecule has 0 aliphatic carbocycles. The number of nitrogens with zero attached hydrogens (tertiary/aromatic N) is 2. The van der Waals surface area contributed by atoms with Gasteiger partial charge in [-0.15, -0.1) is 11.8 Å². The lowest BCUT2D eigenvalue weighted by atomic mass is 9.94. The van der Waals surface area contributed by atoms with Gasteiger partial charge in [-0.2, -0.15) is 8.42 Å². The van der Waals surface area contributed by atoms with Crippen LogP contribution in [0, 0.1) is 0 Å². The van der Waals surface area contributed by atoms with Crippen LogP contribution < -0.4 is 0 Å². The molecule has 2 aliphatic rings. The van der Waals surface area contributed by atoms with E-state index in [2.05, 4.69) is 119 Å². The number of benzene rings is 4. The van der Waals surface area contributed by atoms with Crippen molar-refractivity contribution in [3.63, 3.8) is 0 Å². The van der Waals surface area contributed by atoms with E-state index in [-0.39, 0.29) is 0 Å². The summed E-state index contributed by atoms with van der Waals surface area (Å²) >= 11 is 3.79. The fourth-order valence-electron chi connectivity index (χ4n) is 5.73. The topological polar surface area (TPSA) is 60.9 Å². The Morgan fingerprint density at radius 1 is 0.805 bits per heavy atom. The second kappa shape index (κ2) is 13.6. The molecule has 1 N–H and O–H groups in total. The van der Waals surface area contributed by atoms with Crippen LogP contribution in [0.3, 0.4) is 0 Å². The summed E-state index contributed by atoms with van der Waals surface area (Å²) < 4.78 is 25.9. The summed E-state index contributed by atoms with van der Waals surface area (Å²) in [4.78, 5) is 9.60. The van der Waals surface area contributed by atoms with Crippen molar-refractivity contribution in [3.8, 4) is 0 Å². The normalized spacial score (nSPS) is 17.6. The number of thioether (sulfide) groups is 1. The average molecular weight is 605 g/mol. The summed E-state index contributed by atoms with van der Waals surface area (Å²) in [6, 6.07) is 38.8. The highest BCUT2D eigenvalue weighted by Gasteiger charge is 2.32. The van der Waals surface area contributed by atoms with Gasteiger partial charge in [0.1, 0.15) is 0 Å². The van der Waals surface area contributed by atoms with Gasteiger partial charge in [-0.1, -0.05) is 90.6 Å². The van der Waals surface area contributed by atoms with Crippen molar-refractivity contribution >= 4 is 33.6 Å². The van der Waals surface area contributed by atoms with E-state index in [1.165, 1.54) is 36.9 Å². The molecule has 41 heavy (non-hydrogen) atoms. The lowest BCUT2D eigenvalue weighted by molar-refractivity contribution is 0.0772. The predicted octanol–water partition coefficient (Wildman–Crippen LogP) is 7.07. The highest BCUT2D eigenvalue weighted by atomic mass is 32.2. The Bertz CT molecular complexity index is 1490. The maximum Gasteiger partial charge on any atom is 0.261 e. The Labute approximate surface area is 252 Å². The molecule has 1 atom stereocenters. The molecule has 1 fully saturated rings. The third kappa shape index (κ3) is 7.83. The summed E-state index contributed by atoms with van der Waals surface area (Å²) in [6.45, 7) is 4.29. The summed E-state index contributed by atoms with van der Waals surface area (Å²) in [5.74, 6) is 0. The number of rotatable bonds is 5. The van der Waals surface area contributed by atoms with E-state index in [0.717, 1.165) is 32.6 Å². The first-order chi connectivity index (χ1) is 19.8. The standard InChI is InChI=1S/C32H32N2S2.CH4O3S/c1-35-27-16-17-31-28(23-27)29(22-26-14-8-9-15-30(26)36-31)33-18-20-34(21-19-33)32(24-10-4-2-5-11-24)25-12-6-3-7-13-25;1-5(2,3)4/h2-17,23,29,32H,18-22H2,1H3;1H3,(H,2,3,4). The molecule has 1 unspecified atom stereocenters. The van der Waals surface area contributed by atoms with Crippen molar-refractivity contribution in [3.05, 3.63) is 125 Å². The summed E-state index contributed by atoms with van der Waals surface area (Å²) in [5, 5.41) is 0. The molecule has 2 heterocycles. The van der Waals surface area contributed by atoms with Gasteiger partial charge in [0.2, 0.25) is 0 Å². The van der Waals surface area contributed by atoms with E-state index in [1.807, 2.05) is 23.5 Å². The Hall–Kier alpha value is -2.59. The molecule has 2 aliphatic heterocycles. The molecule has 0 aromatic heterocycles. The van der Waals surface area contributed by atoms with Crippen molar-refractivity contribution in [1.82, 2.24) is 9.80 Å². The van der Waals surface area contributed by atoms with Gasteiger partial charge >= 0.3 is 0 Å². The minimum Gasteiger partial charge on any atom is -0.293 e. The number of hydrogen-bond donors (Lipinski definition) is 1. The summed E-state index contributed by atoms with van der Waals surface area (Å²) in [7, 11) is -3.67. The van der Waals surface area contributed by atoms with Crippen LogP contribution in [0.25, 0.3) is 0 Å². The average Bonchev–Trinajstić information content (AvgIpc) is 3.14. The Balaban J connectivity index is 0.000000623. The van der Waals surface area contributed by atoms with Crippen LogP contribution in [-0.2, 0) is 16.5 Å². The largest absolute Gasteiger partial charge is 0.293 e. The van der Waals surface area contributed by atoms with Gasteiger partial charge in [-0.25, -0.2) is 0 Å². The SMILES string of the molecule is CS(=O)(=O)O.CSc1ccc2c(c1)C(N1CCN(C(c3ccccc3)c3ccccc3)CC1)Cc1ccccc1S2. The van der Waals surface area contributed by atoms with Gasteiger partial charge in [0.25, 0.3) is 10.1 Å². The second-order valence-electron chi connectivity index (χ2n) is 10.4. The summed E-state index contributed by atoms with van der Waals surface area (Å²) in [5.41, 5.74) is 5.74. The van der Waals surface area contributed by atoms with E-state index in [9.17, 15) is 8.42 Å². The van der Waals surface area contributed by atoms with Gasteiger partial charge in [0.15, 0.2) is 0 Å². The molecule has 0 saturated carbocycles. The first-order valence-corrected chi connectivity index (χ1v) is 17.6. The van der Waals surface area contributed by atoms with Gasteiger partial charge in [0, 0.05) is 46.9 Å². The molecule has 5 nitrogen and oxygen atoms in total. The zero-order valence-corrected chi connectivity index (χ0v) is 25.8. The molecule has 0 amide bonds. The van der Waals surface area contributed by atoms with E-state index < -0.39 is 10.1 Å². The highest BCUT2D eigenvalue weighted by Crippen LogP contribution is 2.44. The van der Waals surface area contributed by atoms with Crippen molar-refractivity contribution in [2.24, 2.45) is 0 Å². The van der Waals surface area contributed by atoms with Gasteiger partial charge in [-0.3, -0.25) is 14.4 Å². The third-order valence-corrected chi connectivity index (χ3v) is 9.50. The molecule has 0 bridgehead atoms. The van der Waals surface area contributed by atoms with Crippen LogP contribution in [0.2, 0.25) is 0 Å². The van der Waals surface area contributed by atoms with Crippen molar-refractivity contribution < 1.29 is 13.0 Å². The first kappa shape index (κ1) is 29.9. The molecule has 4 aromatic rings. The first-order valence-electron chi connectivity index (χ1n) is 13.7. The van der Waals surface area contributed by atoms with Crippen LogP contribution >= 0.6 is 23.5 Å². The van der Waals surface area contributed by atoms with Crippen molar-refractivity contribution in [2.45, 2.75) is 33.2 Å². The lowest BCUT2D eigenvalue weighted by Crippen LogP contribution is -2.49. The van der Waals surface area contributed by atoms with E-state index in [4.69, 9.17) is 4.55 Å². The Kier molecular flexibility index (Phi) is 9.91. The second-order valence-corrected chi connectivity index (χ2v) is 13.8. The molecule has 1 saturated heterocycles. The van der Waals surface area contributed by atoms with Gasteiger partial charge in [0.05, 0.1) is 12.3 Å². The van der Waals surface area contributed by atoms with Crippen LogP contribution in [0.1, 0.15) is 34.3 Å². The molecule has 6 rings (SSSR count). The van der Waals surface area contributed by atoms with E-state index in [1.54, 1.807) is 0 Å². The number of fused-ring (bicyclic) bond motifs is 2. The quantitative estimate of drug-likeness (QED) is 0.193. The zero-order valence-electron chi connectivity index (χ0n) is 23.4. The molecule has 214 valence electrons. The molecule has 0 radical (unpaired) electrons.